The van der Waals surface area contributed by atoms with Gasteiger partial charge in [-0.1, -0.05) is 53.0 Å². The lowest BCUT2D eigenvalue weighted by Crippen LogP contribution is -2.31. The minimum absolute atomic E-state index is 0.00123. The van der Waals surface area contributed by atoms with E-state index >= 15 is 0 Å². The minimum atomic E-state index is -0.771. The number of carbonyl (C=O) groups excluding carboxylic acids is 2. The normalized spacial score (nSPS) is 17.1. The summed E-state index contributed by atoms with van der Waals surface area (Å²) < 4.78 is 5.36. The Hall–Kier alpha value is -3.74. The van der Waals surface area contributed by atoms with Crippen LogP contribution in [0.2, 0.25) is 10.0 Å². The number of hydrogen-bond acceptors (Lipinski definition) is 4. The molecule has 1 aliphatic rings. The van der Waals surface area contributed by atoms with Crippen LogP contribution in [0.4, 0.5) is 0 Å². The fourth-order valence-corrected chi connectivity index (χ4v) is 5.26. The SMILES string of the molecule is COc1ccc2[nH]cc(CCN3C(=O)C(=O)C(=C(O)c4ccc(Cl)cc4Cl)[C@H]3c3ccc(C)cc3)c2c1. The molecule has 4 aromatic rings. The van der Waals surface area contributed by atoms with Gasteiger partial charge in [0, 0.05) is 34.2 Å². The van der Waals surface area contributed by atoms with Crippen LogP contribution in [-0.2, 0) is 16.0 Å². The van der Waals surface area contributed by atoms with Gasteiger partial charge in [-0.3, -0.25) is 9.59 Å². The third-order valence-corrected chi connectivity index (χ3v) is 7.26. The number of H-pyrrole nitrogens is 1. The number of aromatic nitrogens is 1. The van der Waals surface area contributed by atoms with Gasteiger partial charge in [0.2, 0.25) is 0 Å². The third kappa shape index (κ3) is 4.59. The molecule has 1 aromatic heterocycles. The Morgan fingerprint density at radius 1 is 1.05 bits per heavy atom. The Kier molecular flexibility index (Phi) is 6.71. The monoisotopic (exact) mass is 534 g/mol. The Balaban J connectivity index is 1.57. The van der Waals surface area contributed by atoms with Gasteiger partial charge in [-0.25, -0.2) is 0 Å². The number of ketones is 1. The van der Waals surface area contributed by atoms with E-state index in [0.29, 0.717) is 11.4 Å². The zero-order chi connectivity index (χ0) is 26.3. The van der Waals surface area contributed by atoms with Crippen molar-refractivity contribution in [2.75, 3.05) is 13.7 Å². The molecule has 2 N–H and O–H groups in total. The van der Waals surface area contributed by atoms with Crippen molar-refractivity contribution in [2.24, 2.45) is 0 Å². The lowest BCUT2D eigenvalue weighted by atomic mass is 9.94. The standard InChI is InChI=1S/C29H24Cl2N2O4/c1-16-3-5-17(6-4-16)26-25(27(34)21-9-7-19(30)13-23(21)31)28(35)29(36)33(26)12-11-18-15-32-24-10-8-20(37-2)14-22(18)24/h3-10,13-15,26,32,34H,11-12H2,1-2H3/t26-/m1/s1. The molecule has 0 unspecified atom stereocenters. The average molecular weight is 535 g/mol. The first-order valence-corrected chi connectivity index (χ1v) is 12.5. The summed E-state index contributed by atoms with van der Waals surface area (Å²) in [5.74, 6) is -1.03. The number of ether oxygens (including phenoxy) is 1. The van der Waals surface area contributed by atoms with E-state index in [9.17, 15) is 14.7 Å². The molecule has 1 fully saturated rings. The molecule has 2 heterocycles. The molecule has 1 saturated heterocycles. The van der Waals surface area contributed by atoms with Crippen molar-refractivity contribution >= 4 is 51.6 Å². The second-order valence-corrected chi connectivity index (χ2v) is 9.85. The van der Waals surface area contributed by atoms with Crippen molar-refractivity contribution in [3.8, 4) is 5.75 Å². The van der Waals surface area contributed by atoms with E-state index in [0.717, 1.165) is 33.3 Å². The van der Waals surface area contributed by atoms with Gasteiger partial charge in [-0.2, -0.15) is 0 Å². The number of nitrogens with one attached hydrogen (secondary N) is 1. The maximum Gasteiger partial charge on any atom is 0.295 e. The number of halogens is 2. The molecule has 5 rings (SSSR count). The maximum atomic E-state index is 13.3. The molecule has 1 amide bonds. The highest BCUT2D eigenvalue weighted by Gasteiger charge is 2.46. The Bertz CT molecular complexity index is 1560. The fraction of sp³-hybridized carbons (Fsp3) is 0.172. The molecule has 37 heavy (non-hydrogen) atoms. The zero-order valence-corrected chi connectivity index (χ0v) is 21.7. The van der Waals surface area contributed by atoms with Crippen molar-refractivity contribution in [1.29, 1.82) is 0 Å². The summed E-state index contributed by atoms with van der Waals surface area (Å²) in [5.41, 5.74) is 3.93. The number of nitrogens with zero attached hydrogens (tertiary/aromatic N) is 1. The van der Waals surface area contributed by atoms with Crippen LogP contribution in [0, 0.1) is 6.92 Å². The molecule has 6 nitrogen and oxygen atoms in total. The average Bonchev–Trinajstić information content (AvgIpc) is 3.40. The number of fused-ring (bicyclic) bond motifs is 1. The zero-order valence-electron chi connectivity index (χ0n) is 20.2. The molecule has 8 heteroatoms. The second kappa shape index (κ2) is 9.96. The molecular formula is C29H24Cl2N2O4. The van der Waals surface area contributed by atoms with E-state index in [1.807, 2.05) is 55.6 Å². The number of amides is 1. The van der Waals surface area contributed by atoms with Crippen LogP contribution in [0.25, 0.3) is 16.7 Å². The van der Waals surface area contributed by atoms with Gasteiger partial charge in [-0.15, -0.1) is 0 Å². The molecule has 0 bridgehead atoms. The summed E-state index contributed by atoms with van der Waals surface area (Å²) in [4.78, 5) is 31.4. The summed E-state index contributed by atoms with van der Waals surface area (Å²) in [7, 11) is 1.61. The largest absolute Gasteiger partial charge is 0.507 e. The van der Waals surface area contributed by atoms with Gasteiger partial charge < -0.3 is 19.7 Å². The molecule has 0 aliphatic carbocycles. The molecule has 1 atom stereocenters. The number of hydrogen-bond donors (Lipinski definition) is 2. The first-order chi connectivity index (χ1) is 17.8. The number of Topliss-reactive ketones (excluding diaryl/α,β-unsaturated/α-hetero) is 1. The highest BCUT2D eigenvalue weighted by Crippen LogP contribution is 2.41. The topological polar surface area (TPSA) is 82.6 Å². The molecule has 0 spiro atoms. The molecule has 188 valence electrons. The summed E-state index contributed by atoms with van der Waals surface area (Å²) in [5, 5.41) is 12.8. The van der Waals surface area contributed by atoms with E-state index in [2.05, 4.69) is 4.98 Å². The van der Waals surface area contributed by atoms with Crippen LogP contribution in [-0.4, -0.2) is 40.3 Å². The number of benzene rings is 3. The van der Waals surface area contributed by atoms with E-state index in [-0.39, 0.29) is 28.5 Å². The smallest absolute Gasteiger partial charge is 0.295 e. The van der Waals surface area contributed by atoms with Crippen LogP contribution in [0.15, 0.2) is 72.4 Å². The summed E-state index contributed by atoms with van der Waals surface area (Å²) in [6, 6.07) is 17.1. The Labute approximate surface area is 224 Å². The number of aromatic amines is 1. The Morgan fingerprint density at radius 2 is 1.81 bits per heavy atom. The quantitative estimate of drug-likeness (QED) is 0.169. The van der Waals surface area contributed by atoms with Crippen molar-refractivity contribution in [3.05, 3.63) is 105 Å². The molecule has 0 radical (unpaired) electrons. The summed E-state index contributed by atoms with van der Waals surface area (Å²) in [6.07, 6.45) is 2.39. The van der Waals surface area contributed by atoms with Gasteiger partial charge in [0.1, 0.15) is 11.5 Å². The molecular weight excluding hydrogens is 511 g/mol. The highest BCUT2D eigenvalue weighted by molar-refractivity contribution is 6.47. The van der Waals surface area contributed by atoms with Crippen molar-refractivity contribution in [2.45, 2.75) is 19.4 Å². The first kappa shape index (κ1) is 24.9. The number of aryl methyl sites for hydroxylation is 1. The van der Waals surface area contributed by atoms with E-state index in [1.165, 1.54) is 11.0 Å². The van der Waals surface area contributed by atoms with Gasteiger partial charge in [0.05, 0.1) is 23.7 Å². The molecule has 3 aromatic carbocycles. The number of likely N-dealkylation sites (tertiary alicyclic amines) is 1. The third-order valence-electron chi connectivity index (χ3n) is 6.72. The van der Waals surface area contributed by atoms with Crippen LogP contribution < -0.4 is 4.74 Å². The second-order valence-electron chi connectivity index (χ2n) is 9.00. The predicted molar refractivity (Wildman–Crippen MR) is 145 cm³/mol. The Morgan fingerprint density at radius 3 is 2.51 bits per heavy atom. The van der Waals surface area contributed by atoms with Crippen LogP contribution in [0.1, 0.15) is 28.3 Å². The van der Waals surface area contributed by atoms with Crippen molar-refractivity contribution < 1.29 is 19.4 Å². The molecule has 0 saturated carbocycles. The van der Waals surface area contributed by atoms with E-state index in [1.54, 1.807) is 19.2 Å². The van der Waals surface area contributed by atoms with Crippen LogP contribution in [0.3, 0.4) is 0 Å². The number of rotatable bonds is 6. The first-order valence-electron chi connectivity index (χ1n) is 11.7. The summed E-state index contributed by atoms with van der Waals surface area (Å²) in [6.45, 7) is 2.22. The van der Waals surface area contributed by atoms with Crippen LogP contribution >= 0.6 is 23.2 Å². The molecule has 1 aliphatic heterocycles. The number of carbonyl (C=O) groups is 2. The van der Waals surface area contributed by atoms with Gasteiger partial charge in [0.25, 0.3) is 11.7 Å². The predicted octanol–water partition coefficient (Wildman–Crippen LogP) is 6.46. The fourth-order valence-electron chi connectivity index (χ4n) is 4.76. The lowest BCUT2D eigenvalue weighted by Gasteiger charge is -2.25. The number of aliphatic hydroxyl groups is 1. The van der Waals surface area contributed by atoms with Crippen molar-refractivity contribution in [1.82, 2.24) is 9.88 Å². The number of methoxy groups -OCH3 is 1. The van der Waals surface area contributed by atoms with Gasteiger partial charge >= 0.3 is 0 Å². The number of aliphatic hydroxyl groups excluding tert-OH is 1. The summed E-state index contributed by atoms with van der Waals surface area (Å²) >= 11 is 12.4. The lowest BCUT2D eigenvalue weighted by molar-refractivity contribution is -0.139. The van der Waals surface area contributed by atoms with Gasteiger partial charge in [0.15, 0.2) is 0 Å². The van der Waals surface area contributed by atoms with Crippen LogP contribution in [0.5, 0.6) is 5.75 Å². The van der Waals surface area contributed by atoms with Crippen molar-refractivity contribution in [3.63, 3.8) is 0 Å². The van der Waals surface area contributed by atoms with E-state index < -0.39 is 17.7 Å². The van der Waals surface area contributed by atoms with Gasteiger partial charge in [-0.05, 0) is 60.9 Å². The van der Waals surface area contributed by atoms with E-state index in [4.69, 9.17) is 27.9 Å². The highest BCUT2D eigenvalue weighted by atomic mass is 35.5. The minimum Gasteiger partial charge on any atom is -0.507 e. The maximum absolute atomic E-state index is 13.3.